The molecule has 1 rings (SSSR count). The number of aromatic nitrogens is 2. The largest absolute Gasteiger partial charge is 0.362 e. The number of carbonyl (C=O) groups is 1. The molecule has 0 fully saturated rings. The highest BCUT2D eigenvalue weighted by Crippen LogP contribution is 2.27. The summed E-state index contributed by atoms with van der Waals surface area (Å²) in [7, 11) is 0. The van der Waals surface area contributed by atoms with Crippen LogP contribution in [0.5, 0.6) is 0 Å². The van der Waals surface area contributed by atoms with Crippen LogP contribution in [0.15, 0.2) is 6.33 Å². The number of hydrogen-bond donors (Lipinski definition) is 3. The van der Waals surface area contributed by atoms with Crippen molar-refractivity contribution in [3.63, 3.8) is 0 Å². The molecule has 0 aliphatic carbocycles. The van der Waals surface area contributed by atoms with Crippen molar-refractivity contribution in [3.05, 3.63) is 21.6 Å². The monoisotopic (exact) mass is 260 g/mol. The molecule has 1 aromatic heterocycles. The smallest absolute Gasteiger partial charge is 0.348 e. The van der Waals surface area contributed by atoms with Gasteiger partial charge in [0.25, 0.3) is 0 Å². The third-order valence-corrected chi connectivity index (χ3v) is 1.95. The Labute approximate surface area is 101 Å². The molecular weight excluding hydrogens is 252 g/mol. The predicted molar refractivity (Wildman–Crippen MR) is 59.8 cm³/mol. The number of primary amides is 1. The van der Waals surface area contributed by atoms with Crippen molar-refractivity contribution in [2.75, 3.05) is 18.4 Å². The summed E-state index contributed by atoms with van der Waals surface area (Å²) in [5, 5.41) is 15.4. The Morgan fingerprint density at radius 2 is 2.24 bits per heavy atom. The first-order valence-electron chi connectivity index (χ1n) is 4.44. The summed E-state index contributed by atoms with van der Waals surface area (Å²) in [5.41, 5.74) is 4.43. The van der Waals surface area contributed by atoms with Crippen LogP contribution in [-0.2, 0) is 0 Å². The minimum atomic E-state index is -0.688. The summed E-state index contributed by atoms with van der Waals surface area (Å²) < 4.78 is 0. The molecule has 17 heavy (non-hydrogen) atoms. The highest BCUT2D eigenvalue weighted by Gasteiger charge is 2.20. The van der Waals surface area contributed by atoms with Crippen LogP contribution in [0.1, 0.15) is 0 Å². The van der Waals surface area contributed by atoms with Crippen molar-refractivity contribution in [3.8, 4) is 0 Å². The standard InChI is InChI=1S/C7H9ClN6O3/c8-5-4(14(16)17)6(13-3-12-5)10-1-2-11-7(9)15/h3H,1-2H2,(H3,9,11,15)(H,10,12,13). The number of urea groups is 1. The van der Waals surface area contributed by atoms with Crippen LogP contribution in [-0.4, -0.2) is 34.0 Å². The minimum Gasteiger partial charge on any atom is -0.362 e. The number of nitrogens with two attached hydrogens (primary N) is 1. The topological polar surface area (TPSA) is 136 Å². The van der Waals surface area contributed by atoms with Crippen LogP contribution in [0.3, 0.4) is 0 Å². The molecule has 0 radical (unpaired) electrons. The molecule has 4 N–H and O–H groups in total. The van der Waals surface area contributed by atoms with E-state index >= 15 is 0 Å². The molecule has 1 heterocycles. The Morgan fingerprint density at radius 3 is 2.82 bits per heavy atom. The fourth-order valence-corrected chi connectivity index (χ4v) is 1.22. The highest BCUT2D eigenvalue weighted by molar-refractivity contribution is 6.31. The van der Waals surface area contributed by atoms with Gasteiger partial charge in [-0.05, 0) is 0 Å². The molecule has 0 aliphatic rings. The molecule has 1 aromatic rings. The summed E-state index contributed by atoms with van der Waals surface area (Å²) in [6, 6.07) is -0.679. The molecule has 0 aromatic carbocycles. The number of hydrogen-bond acceptors (Lipinski definition) is 6. The number of rotatable bonds is 5. The minimum absolute atomic E-state index is 0.0127. The average molecular weight is 261 g/mol. The first kappa shape index (κ1) is 12.9. The second-order valence-electron chi connectivity index (χ2n) is 2.84. The molecule has 0 unspecified atom stereocenters. The third-order valence-electron chi connectivity index (χ3n) is 1.68. The lowest BCUT2D eigenvalue weighted by Crippen LogP contribution is -2.33. The summed E-state index contributed by atoms with van der Waals surface area (Å²) >= 11 is 5.57. The van der Waals surface area contributed by atoms with Gasteiger partial charge >= 0.3 is 11.7 Å². The van der Waals surface area contributed by atoms with Gasteiger partial charge in [-0.2, -0.15) is 0 Å². The molecule has 9 nitrogen and oxygen atoms in total. The van der Waals surface area contributed by atoms with E-state index in [1.165, 1.54) is 0 Å². The van der Waals surface area contributed by atoms with E-state index in [2.05, 4.69) is 20.6 Å². The van der Waals surface area contributed by atoms with Crippen molar-refractivity contribution in [1.82, 2.24) is 15.3 Å². The molecule has 0 saturated carbocycles. The molecule has 0 bridgehead atoms. The fourth-order valence-electron chi connectivity index (χ4n) is 1.02. The quantitative estimate of drug-likeness (QED) is 0.298. The van der Waals surface area contributed by atoms with E-state index in [0.717, 1.165) is 6.33 Å². The number of nitrogens with one attached hydrogen (secondary N) is 2. The van der Waals surface area contributed by atoms with E-state index in [9.17, 15) is 14.9 Å². The summed E-state index contributed by atoms with van der Waals surface area (Å²) in [6.45, 7) is 0.422. The summed E-state index contributed by atoms with van der Waals surface area (Å²) in [6.07, 6.45) is 1.10. The molecule has 0 saturated heterocycles. The van der Waals surface area contributed by atoms with Gasteiger partial charge in [0.2, 0.25) is 11.0 Å². The van der Waals surface area contributed by atoms with Gasteiger partial charge < -0.3 is 16.4 Å². The number of carbonyl (C=O) groups excluding carboxylic acids is 1. The Bertz CT molecular complexity index is 440. The fraction of sp³-hybridized carbons (Fsp3) is 0.286. The lowest BCUT2D eigenvalue weighted by atomic mass is 10.4. The second kappa shape index (κ2) is 5.80. The zero-order valence-electron chi connectivity index (χ0n) is 8.51. The van der Waals surface area contributed by atoms with Gasteiger partial charge in [0.05, 0.1) is 4.92 Å². The van der Waals surface area contributed by atoms with E-state index in [0.29, 0.717) is 0 Å². The maximum Gasteiger partial charge on any atom is 0.348 e. The van der Waals surface area contributed by atoms with Crippen LogP contribution in [0.2, 0.25) is 5.15 Å². The average Bonchev–Trinajstić information content (AvgIpc) is 2.23. The van der Waals surface area contributed by atoms with E-state index in [1.807, 2.05) is 0 Å². The zero-order chi connectivity index (χ0) is 12.8. The van der Waals surface area contributed by atoms with Crippen LogP contribution in [0.25, 0.3) is 0 Å². The molecule has 0 atom stereocenters. The van der Waals surface area contributed by atoms with E-state index in [-0.39, 0.29) is 24.1 Å². The summed E-state index contributed by atoms with van der Waals surface area (Å²) in [5.74, 6) is -0.0127. The van der Waals surface area contributed by atoms with Crippen LogP contribution < -0.4 is 16.4 Å². The zero-order valence-corrected chi connectivity index (χ0v) is 9.27. The molecule has 92 valence electrons. The number of nitro groups is 1. The SMILES string of the molecule is NC(=O)NCCNc1ncnc(Cl)c1[N+](=O)[O-]. The Hall–Kier alpha value is -2.16. The van der Waals surface area contributed by atoms with Crippen LogP contribution in [0.4, 0.5) is 16.3 Å². The number of halogens is 1. The van der Waals surface area contributed by atoms with Crippen molar-refractivity contribution in [2.24, 2.45) is 5.73 Å². The van der Waals surface area contributed by atoms with E-state index in [1.54, 1.807) is 0 Å². The predicted octanol–water partition coefficient (Wildman–Crippen LogP) is 0.118. The first-order chi connectivity index (χ1) is 8.02. The summed E-state index contributed by atoms with van der Waals surface area (Å²) in [4.78, 5) is 27.6. The van der Waals surface area contributed by atoms with Crippen molar-refractivity contribution >= 4 is 29.1 Å². The Morgan fingerprint density at radius 1 is 1.53 bits per heavy atom. The second-order valence-corrected chi connectivity index (χ2v) is 3.19. The van der Waals surface area contributed by atoms with E-state index in [4.69, 9.17) is 17.3 Å². The normalized spacial score (nSPS) is 9.71. The lowest BCUT2D eigenvalue weighted by molar-refractivity contribution is -0.384. The van der Waals surface area contributed by atoms with Gasteiger partial charge in [-0.25, -0.2) is 14.8 Å². The molecule has 0 aliphatic heterocycles. The van der Waals surface area contributed by atoms with Crippen LogP contribution >= 0.6 is 11.6 Å². The van der Waals surface area contributed by atoms with Crippen LogP contribution in [0, 0.1) is 10.1 Å². The number of amides is 2. The van der Waals surface area contributed by atoms with E-state index < -0.39 is 16.6 Å². The maximum absolute atomic E-state index is 10.7. The van der Waals surface area contributed by atoms with Crippen molar-refractivity contribution < 1.29 is 9.72 Å². The van der Waals surface area contributed by atoms with Gasteiger partial charge in [-0.15, -0.1) is 0 Å². The lowest BCUT2D eigenvalue weighted by Gasteiger charge is -2.06. The highest BCUT2D eigenvalue weighted by atomic mass is 35.5. The Kier molecular flexibility index (Phi) is 4.40. The van der Waals surface area contributed by atoms with Gasteiger partial charge in [0, 0.05) is 13.1 Å². The Balaban J connectivity index is 2.67. The van der Waals surface area contributed by atoms with Crippen molar-refractivity contribution in [2.45, 2.75) is 0 Å². The molecule has 0 spiro atoms. The molecule has 10 heteroatoms. The van der Waals surface area contributed by atoms with Gasteiger partial charge in [0.15, 0.2) is 0 Å². The maximum atomic E-state index is 10.7. The third kappa shape index (κ3) is 3.72. The van der Waals surface area contributed by atoms with Gasteiger partial charge in [-0.1, -0.05) is 11.6 Å². The number of anilines is 1. The number of nitrogens with zero attached hydrogens (tertiary/aromatic N) is 3. The van der Waals surface area contributed by atoms with Gasteiger partial charge in [0.1, 0.15) is 6.33 Å². The first-order valence-corrected chi connectivity index (χ1v) is 4.82. The van der Waals surface area contributed by atoms with Gasteiger partial charge in [-0.3, -0.25) is 10.1 Å². The molecule has 2 amide bonds. The van der Waals surface area contributed by atoms with Crippen molar-refractivity contribution in [1.29, 1.82) is 0 Å². The molecular formula is C7H9ClN6O3.